The Morgan fingerprint density at radius 3 is 1.71 bits per heavy atom. The van der Waals surface area contributed by atoms with Crippen LogP contribution in [0.2, 0.25) is 6.82 Å². The second kappa shape index (κ2) is 5.73. The Kier molecular flexibility index (Phi) is 5.35. The SMILES string of the molecule is CBc1ccc(C(F)(F)F)cc1.CC. The van der Waals surface area contributed by atoms with Crippen LogP contribution < -0.4 is 5.46 Å². The van der Waals surface area contributed by atoms with Gasteiger partial charge >= 0.3 is 6.18 Å². The maximum atomic E-state index is 12.0. The van der Waals surface area contributed by atoms with Crippen LogP contribution in [0.25, 0.3) is 0 Å². The summed E-state index contributed by atoms with van der Waals surface area (Å²) in [6.45, 7) is 5.91. The van der Waals surface area contributed by atoms with Gasteiger partial charge in [0.05, 0.1) is 5.56 Å². The molecule has 0 aromatic heterocycles. The highest BCUT2D eigenvalue weighted by molar-refractivity contribution is 6.51. The molecule has 0 aliphatic carbocycles. The monoisotopic (exact) mass is 202 g/mol. The van der Waals surface area contributed by atoms with E-state index in [-0.39, 0.29) is 0 Å². The van der Waals surface area contributed by atoms with E-state index in [1.54, 1.807) is 0 Å². The maximum Gasteiger partial charge on any atom is 0.416 e. The van der Waals surface area contributed by atoms with Crippen molar-refractivity contribution in [2.24, 2.45) is 0 Å². The van der Waals surface area contributed by atoms with Crippen molar-refractivity contribution >= 4 is 12.7 Å². The highest BCUT2D eigenvalue weighted by Crippen LogP contribution is 2.28. The van der Waals surface area contributed by atoms with Crippen molar-refractivity contribution < 1.29 is 13.2 Å². The molecule has 0 bridgehead atoms. The third kappa shape index (κ3) is 3.86. The predicted octanol–water partition coefficient (Wildman–Crippen LogP) is 2.84. The fraction of sp³-hybridized carbons (Fsp3) is 0.400. The third-order valence-electron chi connectivity index (χ3n) is 1.69. The molecule has 0 radical (unpaired) electrons. The maximum absolute atomic E-state index is 12.0. The van der Waals surface area contributed by atoms with E-state index in [2.05, 4.69) is 0 Å². The molecule has 0 aliphatic heterocycles. The molecule has 1 aromatic rings. The molecule has 0 saturated carbocycles. The van der Waals surface area contributed by atoms with Gasteiger partial charge in [-0.25, -0.2) is 0 Å². The van der Waals surface area contributed by atoms with Crippen molar-refractivity contribution in [1.82, 2.24) is 0 Å². The van der Waals surface area contributed by atoms with E-state index in [1.807, 2.05) is 20.7 Å². The molecule has 0 fully saturated rings. The topological polar surface area (TPSA) is 0 Å². The Hall–Kier alpha value is -0.925. The zero-order chi connectivity index (χ0) is 11.2. The summed E-state index contributed by atoms with van der Waals surface area (Å²) in [7, 11) is 0.762. The lowest BCUT2D eigenvalue weighted by molar-refractivity contribution is -0.137. The Labute approximate surface area is 83.4 Å². The summed E-state index contributed by atoms with van der Waals surface area (Å²) in [5, 5.41) is 0. The van der Waals surface area contributed by atoms with Gasteiger partial charge in [0.1, 0.15) is 0 Å². The van der Waals surface area contributed by atoms with Crippen molar-refractivity contribution in [3.8, 4) is 0 Å². The van der Waals surface area contributed by atoms with Crippen molar-refractivity contribution in [1.29, 1.82) is 0 Å². The highest BCUT2D eigenvalue weighted by atomic mass is 19.4. The second-order valence-corrected chi connectivity index (χ2v) is 2.55. The molecule has 0 saturated heterocycles. The van der Waals surface area contributed by atoms with E-state index in [4.69, 9.17) is 0 Å². The normalized spacial score (nSPS) is 10.1. The van der Waals surface area contributed by atoms with E-state index < -0.39 is 11.7 Å². The van der Waals surface area contributed by atoms with Crippen LogP contribution in [0.3, 0.4) is 0 Å². The van der Waals surface area contributed by atoms with Gasteiger partial charge in [0.15, 0.2) is 7.28 Å². The van der Waals surface area contributed by atoms with Gasteiger partial charge in [0, 0.05) is 0 Å². The molecule has 0 aliphatic rings. The molecule has 0 heterocycles. The number of hydrogen-bond donors (Lipinski definition) is 0. The largest absolute Gasteiger partial charge is 0.416 e. The van der Waals surface area contributed by atoms with E-state index in [1.165, 1.54) is 12.1 Å². The first-order chi connectivity index (χ1) is 6.54. The van der Waals surface area contributed by atoms with E-state index >= 15 is 0 Å². The highest BCUT2D eigenvalue weighted by Gasteiger charge is 2.29. The van der Waals surface area contributed by atoms with Crippen LogP contribution in [0.1, 0.15) is 19.4 Å². The molecule has 78 valence electrons. The van der Waals surface area contributed by atoms with E-state index in [9.17, 15) is 13.2 Å². The van der Waals surface area contributed by atoms with Crippen LogP contribution >= 0.6 is 0 Å². The summed E-state index contributed by atoms with van der Waals surface area (Å²) < 4.78 is 36.1. The van der Waals surface area contributed by atoms with Gasteiger partial charge in [-0.1, -0.05) is 50.4 Å². The molecule has 0 atom stereocenters. The number of rotatable bonds is 1. The lowest BCUT2D eigenvalue weighted by Gasteiger charge is -2.06. The summed E-state index contributed by atoms with van der Waals surface area (Å²) in [6, 6.07) is 5.23. The minimum absolute atomic E-state index is 0.584. The molecule has 0 amide bonds. The summed E-state index contributed by atoms with van der Waals surface area (Å²) in [5.74, 6) is 0. The molecule has 0 unspecified atom stereocenters. The van der Waals surface area contributed by atoms with E-state index in [0.717, 1.165) is 24.9 Å². The zero-order valence-electron chi connectivity index (χ0n) is 8.65. The summed E-state index contributed by atoms with van der Waals surface area (Å²) >= 11 is 0. The Morgan fingerprint density at radius 2 is 1.43 bits per heavy atom. The van der Waals surface area contributed by atoms with Crippen LogP contribution in [-0.2, 0) is 6.18 Å². The molecule has 1 rings (SSSR count). The minimum Gasteiger partial charge on any atom is -0.166 e. The lowest BCUT2D eigenvalue weighted by atomic mass is 9.73. The minimum atomic E-state index is -4.22. The number of hydrogen-bond acceptors (Lipinski definition) is 0. The molecule has 0 nitrogen and oxygen atoms in total. The standard InChI is InChI=1S/C8H8BF3.C2H6/c1-9-7-4-2-6(3-5-7)8(10,11)12;1-2/h2-5,9H,1H3;1-2H3. The summed E-state index contributed by atoms with van der Waals surface area (Å²) in [4.78, 5) is 0. The molecule has 0 N–H and O–H groups in total. The van der Waals surface area contributed by atoms with Gasteiger partial charge in [-0.15, -0.1) is 0 Å². The fourth-order valence-corrected chi connectivity index (χ4v) is 0.929. The first kappa shape index (κ1) is 13.1. The zero-order valence-corrected chi connectivity index (χ0v) is 8.65. The average molecular weight is 202 g/mol. The van der Waals surface area contributed by atoms with Gasteiger partial charge in [0.25, 0.3) is 0 Å². The van der Waals surface area contributed by atoms with Crippen molar-refractivity contribution in [2.45, 2.75) is 26.8 Å². The Morgan fingerprint density at radius 1 is 1.00 bits per heavy atom. The first-order valence-corrected chi connectivity index (χ1v) is 4.70. The third-order valence-corrected chi connectivity index (χ3v) is 1.69. The molecular weight excluding hydrogens is 188 g/mol. The lowest BCUT2D eigenvalue weighted by Crippen LogP contribution is -2.12. The number of halogens is 3. The van der Waals surface area contributed by atoms with Gasteiger partial charge in [-0.3, -0.25) is 0 Å². The van der Waals surface area contributed by atoms with Crippen LogP contribution in [0.15, 0.2) is 24.3 Å². The molecular formula is C10H14BF3. The Balaban J connectivity index is 0.000000791. The van der Waals surface area contributed by atoms with Crippen molar-refractivity contribution in [3.63, 3.8) is 0 Å². The number of benzene rings is 1. The predicted molar refractivity (Wildman–Crippen MR) is 55.4 cm³/mol. The first-order valence-electron chi connectivity index (χ1n) is 4.70. The van der Waals surface area contributed by atoms with Gasteiger partial charge in [0.2, 0.25) is 0 Å². The smallest absolute Gasteiger partial charge is 0.166 e. The molecule has 1 aromatic carbocycles. The fourth-order valence-electron chi connectivity index (χ4n) is 0.929. The molecule has 0 spiro atoms. The van der Waals surface area contributed by atoms with E-state index in [0.29, 0.717) is 0 Å². The van der Waals surface area contributed by atoms with Crippen molar-refractivity contribution in [2.75, 3.05) is 0 Å². The van der Waals surface area contributed by atoms with Crippen LogP contribution in [-0.4, -0.2) is 7.28 Å². The Bertz CT molecular complexity index is 251. The summed E-state index contributed by atoms with van der Waals surface area (Å²) in [5.41, 5.74) is 0.336. The van der Waals surface area contributed by atoms with Gasteiger partial charge in [-0.05, 0) is 0 Å². The average Bonchev–Trinajstić information content (AvgIpc) is 2.20. The van der Waals surface area contributed by atoms with Gasteiger partial charge in [-0.2, -0.15) is 13.2 Å². The second-order valence-electron chi connectivity index (χ2n) is 2.55. The van der Waals surface area contributed by atoms with Crippen molar-refractivity contribution in [3.05, 3.63) is 29.8 Å². The van der Waals surface area contributed by atoms with Crippen LogP contribution in [0, 0.1) is 0 Å². The van der Waals surface area contributed by atoms with Crippen LogP contribution in [0.5, 0.6) is 0 Å². The molecule has 14 heavy (non-hydrogen) atoms. The summed E-state index contributed by atoms with van der Waals surface area (Å²) in [6.07, 6.45) is -4.22. The molecule has 4 heteroatoms. The van der Waals surface area contributed by atoms with Crippen LogP contribution in [0.4, 0.5) is 13.2 Å². The number of alkyl halides is 3. The van der Waals surface area contributed by atoms with Gasteiger partial charge < -0.3 is 0 Å². The quantitative estimate of drug-likeness (QED) is 0.614.